The van der Waals surface area contributed by atoms with Crippen LogP contribution in [0.25, 0.3) is 0 Å². The van der Waals surface area contributed by atoms with Crippen molar-refractivity contribution in [2.45, 2.75) is 24.9 Å². The zero-order chi connectivity index (χ0) is 14.0. The summed E-state index contributed by atoms with van der Waals surface area (Å²) in [5.41, 5.74) is 7.01. The number of aromatic nitrogens is 2. The van der Waals surface area contributed by atoms with Crippen molar-refractivity contribution < 1.29 is 19.4 Å². The van der Waals surface area contributed by atoms with E-state index in [2.05, 4.69) is 20.3 Å². The Labute approximate surface area is 109 Å². The lowest BCUT2D eigenvalue weighted by Crippen LogP contribution is -2.37. The van der Waals surface area contributed by atoms with Gasteiger partial charge in [-0.25, -0.2) is 4.79 Å². The number of aliphatic hydroxyl groups excluding tert-OH is 1. The molecule has 0 aromatic carbocycles. The standard InChI is InChI=1S/C11H16N4O4/c1-19-11(18)6(16)4-13-10(17)9-7(12)8(14-15-9)5-2-3-5/h5-6,16H,2-4,12H2,1H3,(H,13,17)(H,14,15). The number of nitrogens with one attached hydrogen (secondary N) is 2. The highest BCUT2D eigenvalue weighted by Gasteiger charge is 2.30. The molecule has 104 valence electrons. The third-order valence-corrected chi connectivity index (χ3v) is 2.96. The maximum atomic E-state index is 11.8. The molecule has 1 amide bonds. The number of carbonyl (C=O) groups excluding carboxylic acids is 2. The predicted octanol–water partition coefficient (Wildman–Crippen LogP) is -0.867. The van der Waals surface area contributed by atoms with Gasteiger partial charge in [-0.2, -0.15) is 5.10 Å². The fraction of sp³-hybridized carbons (Fsp3) is 0.545. The molecule has 1 aliphatic rings. The van der Waals surface area contributed by atoms with Crippen LogP contribution in [0.5, 0.6) is 0 Å². The molecule has 0 spiro atoms. The smallest absolute Gasteiger partial charge is 0.336 e. The second-order valence-corrected chi connectivity index (χ2v) is 4.42. The molecule has 1 fully saturated rings. The van der Waals surface area contributed by atoms with E-state index >= 15 is 0 Å². The zero-order valence-corrected chi connectivity index (χ0v) is 10.5. The topological polar surface area (TPSA) is 130 Å². The van der Waals surface area contributed by atoms with Gasteiger partial charge in [0, 0.05) is 5.92 Å². The molecule has 0 aliphatic heterocycles. The van der Waals surface area contributed by atoms with Crippen LogP contribution in [-0.4, -0.2) is 46.9 Å². The van der Waals surface area contributed by atoms with E-state index in [-0.39, 0.29) is 12.2 Å². The summed E-state index contributed by atoms with van der Waals surface area (Å²) in [6.07, 6.45) is 0.667. The van der Waals surface area contributed by atoms with E-state index in [0.29, 0.717) is 11.6 Å². The van der Waals surface area contributed by atoms with Crippen LogP contribution >= 0.6 is 0 Å². The fourth-order valence-corrected chi connectivity index (χ4v) is 1.71. The van der Waals surface area contributed by atoms with Crippen LogP contribution in [0.3, 0.4) is 0 Å². The van der Waals surface area contributed by atoms with Crippen LogP contribution in [0.1, 0.15) is 34.9 Å². The van der Waals surface area contributed by atoms with E-state index in [9.17, 15) is 14.7 Å². The largest absolute Gasteiger partial charge is 0.467 e. The molecule has 0 radical (unpaired) electrons. The van der Waals surface area contributed by atoms with Crippen LogP contribution in [0.2, 0.25) is 0 Å². The average molecular weight is 268 g/mol. The summed E-state index contributed by atoms with van der Waals surface area (Å²) >= 11 is 0. The second kappa shape index (κ2) is 5.27. The van der Waals surface area contributed by atoms with Gasteiger partial charge < -0.3 is 20.9 Å². The summed E-state index contributed by atoms with van der Waals surface area (Å²) in [6, 6.07) is 0. The number of esters is 1. The molecule has 1 unspecified atom stereocenters. The molecule has 2 rings (SSSR count). The molecule has 1 heterocycles. The zero-order valence-electron chi connectivity index (χ0n) is 10.5. The number of H-pyrrole nitrogens is 1. The summed E-state index contributed by atoms with van der Waals surface area (Å²) in [6.45, 7) is -0.253. The summed E-state index contributed by atoms with van der Waals surface area (Å²) in [5.74, 6) is -0.993. The van der Waals surface area contributed by atoms with Gasteiger partial charge in [-0.3, -0.25) is 9.89 Å². The summed E-state index contributed by atoms with van der Waals surface area (Å²) in [4.78, 5) is 22.8. The van der Waals surface area contributed by atoms with E-state index < -0.39 is 18.0 Å². The Morgan fingerprint density at radius 2 is 2.32 bits per heavy atom. The van der Waals surface area contributed by atoms with Crippen molar-refractivity contribution in [2.75, 3.05) is 19.4 Å². The van der Waals surface area contributed by atoms with Crippen molar-refractivity contribution in [1.82, 2.24) is 15.5 Å². The first-order valence-corrected chi connectivity index (χ1v) is 5.92. The number of anilines is 1. The van der Waals surface area contributed by atoms with E-state index in [4.69, 9.17) is 5.73 Å². The number of ether oxygens (including phenoxy) is 1. The Balaban J connectivity index is 1.94. The van der Waals surface area contributed by atoms with Crippen molar-refractivity contribution in [3.63, 3.8) is 0 Å². The van der Waals surface area contributed by atoms with Crippen LogP contribution in [-0.2, 0) is 9.53 Å². The number of aliphatic hydroxyl groups is 1. The molecule has 1 aliphatic carbocycles. The Morgan fingerprint density at radius 1 is 1.63 bits per heavy atom. The third-order valence-electron chi connectivity index (χ3n) is 2.96. The monoisotopic (exact) mass is 268 g/mol. The molecular weight excluding hydrogens is 252 g/mol. The lowest BCUT2D eigenvalue weighted by Gasteiger charge is -2.08. The van der Waals surface area contributed by atoms with Gasteiger partial charge in [0.2, 0.25) is 0 Å². The minimum atomic E-state index is -1.41. The molecule has 8 heteroatoms. The molecule has 5 N–H and O–H groups in total. The lowest BCUT2D eigenvalue weighted by molar-refractivity contribution is -0.149. The van der Waals surface area contributed by atoms with E-state index in [1.54, 1.807) is 0 Å². The van der Waals surface area contributed by atoms with Crippen LogP contribution in [0, 0.1) is 0 Å². The fourth-order valence-electron chi connectivity index (χ4n) is 1.71. The van der Waals surface area contributed by atoms with Gasteiger partial charge in [0.05, 0.1) is 25.0 Å². The van der Waals surface area contributed by atoms with Crippen molar-refractivity contribution in [1.29, 1.82) is 0 Å². The van der Waals surface area contributed by atoms with Gasteiger partial charge in [-0.1, -0.05) is 0 Å². The Morgan fingerprint density at radius 3 is 2.89 bits per heavy atom. The van der Waals surface area contributed by atoms with Gasteiger partial charge in [-0.05, 0) is 12.8 Å². The highest BCUT2D eigenvalue weighted by atomic mass is 16.5. The van der Waals surface area contributed by atoms with Gasteiger partial charge >= 0.3 is 5.97 Å². The molecule has 19 heavy (non-hydrogen) atoms. The van der Waals surface area contributed by atoms with Crippen molar-refractivity contribution in [2.24, 2.45) is 0 Å². The number of carbonyl (C=O) groups is 2. The minimum absolute atomic E-state index is 0.0824. The van der Waals surface area contributed by atoms with E-state index in [1.807, 2.05) is 0 Å². The van der Waals surface area contributed by atoms with Gasteiger partial charge in [0.1, 0.15) is 0 Å². The first kappa shape index (κ1) is 13.3. The number of rotatable bonds is 5. The predicted molar refractivity (Wildman–Crippen MR) is 65.3 cm³/mol. The lowest BCUT2D eigenvalue weighted by atomic mass is 10.2. The molecule has 1 aromatic rings. The molecule has 1 aromatic heterocycles. The number of hydrogen-bond donors (Lipinski definition) is 4. The molecule has 1 atom stereocenters. The normalized spacial score (nSPS) is 15.9. The van der Waals surface area contributed by atoms with Crippen molar-refractivity contribution >= 4 is 17.6 Å². The first-order valence-electron chi connectivity index (χ1n) is 5.92. The Hall–Kier alpha value is -2.09. The van der Waals surface area contributed by atoms with Gasteiger partial charge in [-0.15, -0.1) is 0 Å². The third kappa shape index (κ3) is 2.84. The quantitative estimate of drug-likeness (QED) is 0.514. The van der Waals surface area contributed by atoms with Crippen LogP contribution < -0.4 is 11.1 Å². The number of hydrogen-bond acceptors (Lipinski definition) is 6. The van der Waals surface area contributed by atoms with Crippen LogP contribution in [0.15, 0.2) is 0 Å². The summed E-state index contributed by atoms with van der Waals surface area (Å²) < 4.78 is 4.33. The highest BCUT2D eigenvalue weighted by Crippen LogP contribution is 2.42. The highest BCUT2D eigenvalue weighted by molar-refractivity contribution is 5.98. The van der Waals surface area contributed by atoms with E-state index in [1.165, 1.54) is 0 Å². The summed E-state index contributed by atoms with van der Waals surface area (Å²) in [5, 5.41) is 18.3. The SMILES string of the molecule is COC(=O)C(O)CNC(=O)c1n[nH]c(C2CC2)c1N. The molecule has 8 nitrogen and oxygen atoms in total. The maximum absolute atomic E-state index is 11.8. The number of nitrogen functional groups attached to an aromatic ring is 1. The maximum Gasteiger partial charge on any atom is 0.336 e. The van der Waals surface area contributed by atoms with Crippen molar-refractivity contribution in [3.05, 3.63) is 11.4 Å². The Bertz CT molecular complexity index is 495. The number of nitrogens with two attached hydrogens (primary N) is 1. The van der Waals surface area contributed by atoms with Crippen molar-refractivity contribution in [3.8, 4) is 0 Å². The summed E-state index contributed by atoms with van der Waals surface area (Å²) in [7, 11) is 1.15. The average Bonchev–Trinajstić information content (AvgIpc) is 3.18. The van der Waals surface area contributed by atoms with Crippen LogP contribution in [0.4, 0.5) is 5.69 Å². The molecule has 0 bridgehead atoms. The molecule has 0 saturated heterocycles. The number of aromatic amines is 1. The number of methoxy groups -OCH3 is 1. The van der Waals surface area contributed by atoms with Gasteiger partial charge in [0.25, 0.3) is 5.91 Å². The number of amides is 1. The van der Waals surface area contributed by atoms with Gasteiger partial charge in [0.15, 0.2) is 11.8 Å². The Kier molecular flexibility index (Phi) is 3.70. The number of nitrogens with zero attached hydrogens (tertiary/aromatic N) is 1. The molecular formula is C11H16N4O4. The van der Waals surface area contributed by atoms with E-state index in [0.717, 1.165) is 25.6 Å². The molecule has 1 saturated carbocycles. The second-order valence-electron chi connectivity index (χ2n) is 4.42. The first-order chi connectivity index (χ1) is 9.04. The minimum Gasteiger partial charge on any atom is -0.467 e.